The lowest BCUT2D eigenvalue weighted by molar-refractivity contribution is -0.156. The van der Waals surface area contributed by atoms with Crippen molar-refractivity contribution >= 4 is 35.7 Å². The third kappa shape index (κ3) is 27.8. The van der Waals surface area contributed by atoms with Crippen molar-refractivity contribution in [1.29, 1.82) is 0 Å². The van der Waals surface area contributed by atoms with Gasteiger partial charge in [0.05, 0.1) is 85.7 Å². The lowest BCUT2D eigenvalue weighted by Gasteiger charge is -2.19. The fourth-order valence-corrected chi connectivity index (χ4v) is 5.17. The molecule has 63 heavy (non-hydrogen) atoms. The van der Waals surface area contributed by atoms with E-state index in [0.29, 0.717) is 73.4 Å². The van der Waals surface area contributed by atoms with Gasteiger partial charge in [0, 0.05) is 12.8 Å². The predicted molar refractivity (Wildman–Crippen MR) is 235 cm³/mol. The topological polar surface area (TPSA) is 201 Å². The molecule has 0 spiro atoms. The first-order valence-corrected chi connectivity index (χ1v) is 21.3. The van der Waals surface area contributed by atoms with Crippen LogP contribution in [-0.4, -0.2) is 137 Å². The summed E-state index contributed by atoms with van der Waals surface area (Å²) in [5.41, 5.74) is 0.103. The van der Waals surface area contributed by atoms with Gasteiger partial charge in [-0.1, -0.05) is 24.3 Å². The summed E-state index contributed by atoms with van der Waals surface area (Å²) in [6.45, 7) is 13.9. The highest BCUT2D eigenvalue weighted by atomic mass is 16.6. The Morgan fingerprint density at radius 1 is 0.476 bits per heavy atom. The Morgan fingerprint density at radius 2 is 0.825 bits per heavy atom. The lowest BCUT2D eigenvalue weighted by Crippen LogP contribution is -2.24. The summed E-state index contributed by atoms with van der Waals surface area (Å²) in [6.07, 6.45) is 6.67. The molecule has 0 aliphatic carbocycles. The minimum absolute atomic E-state index is 0.0661. The number of esters is 2. The highest BCUT2D eigenvalue weighted by molar-refractivity contribution is 6.10. The number of ether oxygens (including phenoxy) is 10. The van der Waals surface area contributed by atoms with Gasteiger partial charge in [0.2, 0.25) is 0 Å². The van der Waals surface area contributed by atoms with Gasteiger partial charge in [-0.05, 0) is 102 Å². The fraction of sp³-hybridized carbons (Fsp3) is 0.574. The number of aliphatic hydroxyl groups excluding tert-OH is 2. The van der Waals surface area contributed by atoms with Crippen LogP contribution in [0.15, 0.2) is 48.6 Å². The van der Waals surface area contributed by atoms with Crippen LogP contribution in [0.5, 0.6) is 23.0 Å². The smallest absolute Gasteiger partial charge is 0.306 e. The Labute approximate surface area is 371 Å². The van der Waals surface area contributed by atoms with Crippen molar-refractivity contribution in [1.82, 2.24) is 0 Å². The number of ketones is 2. The average Bonchev–Trinajstić information content (AvgIpc) is 3.21. The van der Waals surface area contributed by atoms with E-state index in [4.69, 9.17) is 57.6 Å². The molecule has 2 aromatic carbocycles. The van der Waals surface area contributed by atoms with Crippen molar-refractivity contribution in [3.63, 3.8) is 0 Å². The number of benzene rings is 2. The van der Waals surface area contributed by atoms with Gasteiger partial charge in [-0.15, -0.1) is 0 Å². The Balaban J connectivity index is 2.04. The average molecular weight is 889 g/mol. The molecule has 0 bridgehead atoms. The van der Waals surface area contributed by atoms with Crippen LogP contribution < -0.4 is 18.9 Å². The SMILES string of the molecule is CC(C)(C)OC(=O)CCCOc1ccc(/C=C/C(=O)CC(=O)/C=C/c2ccc(OCCCC(=O)OC(C)(C)C)c(OCCOCCOCCO)c2)cc1OCCOCCOCCO. The van der Waals surface area contributed by atoms with Gasteiger partial charge in [-0.25, -0.2) is 0 Å². The second-order valence-electron chi connectivity index (χ2n) is 15.9. The zero-order chi connectivity index (χ0) is 46.4. The van der Waals surface area contributed by atoms with Crippen molar-refractivity contribution in [3.8, 4) is 23.0 Å². The third-order valence-electron chi connectivity index (χ3n) is 7.80. The summed E-state index contributed by atoms with van der Waals surface area (Å²) in [4.78, 5) is 49.9. The van der Waals surface area contributed by atoms with Crippen LogP contribution in [0, 0.1) is 0 Å². The normalized spacial score (nSPS) is 11.8. The highest BCUT2D eigenvalue weighted by Gasteiger charge is 2.17. The number of allylic oxidation sites excluding steroid dienone is 2. The number of hydrogen-bond acceptors (Lipinski definition) is 16. The Hall–Kier alpha value is -4.84. The van der Waals surface area contributed by atoms with Gasteiger partial charge in [0.25, 0.3) is 0 Å². The Kier molecular flexibility index (Phi) is 26.8. The molecule has 0 atom stereocenters. The van der Waals surface area contributed by atoms with Crippen molar-refractivity contribution < 1.29 is 76.8 Å². The first-order valence-electron chi connectivity index (χ1n) is 21.3. The fourth-order valence-electron chi connectivity index (χ4n) is 5.17. The minimum Gasteiger partial charge on any atom is -0.490 e. The third-order valence-corrected chi connectivity index (χ3v) is 7.80. The van der Waals surface area contributed by atoms with Gasteiger partial charge in [0.1, 0.15) is 24.4 Å². The van der Waals surface area contributed by atoms with Crippen molar-refractivity contribution in [2.24, 2.45) is 0 Å². The van der Waals surface area contributed by atoms with Gasteiger partial charge in [-0.3, -0.25) is 19.2 Å². The summed E-state index contributed by atoms with van der Waals surface area (Å²) in [5.74, 6) is 0.227. The highest BCUT2D eigenvalue weighted by Crippen LogP contribution is 2.31. The molecule has 2 aromatic rings. The van der Waals surface area contributed by atoms with Crippen LogP contribution in [0.2, 0.25) is 0 Å². The molecule has 2 rings (SSSR count). The van der Waals surface area contributed by atoms with E-state index >= 15 is 0 Å². The summed E-state index contributed by atoms with van der Waals surface area (Å²) in [6, 6.07) is 10.3. The van der Waals surface area contributed by atoms with Crippen LogP contribution in [0.3, 0.4) is 0 Å². The summed E-state index contributed by atoms with van der Waals surface area (Å²) >= 11 is 0. The van der Waals surface area contributed by atoms with Crippen LogP contribution in [0.1, 0.15) is 84.8 Å². The van der Waals surface area contributed by atoms with Gasteiger partial charge in [0.15, 0.2) is 34.6 Å². The molecule has 16 nitrogen and oxygen atoms in total. The summed E-state index contributed by atoms with van der Waals surface area (Å²) in [5, 5.41) is 17.7. The Bertz CT molecular complexity index is 1580. The van der Waals surface area contributed by atoms with E-state index in [-0.39, 0.29) is 97.3 Å². The molecule has 0 fully saturated rings. The molecule has 0 unspecified atom stereocenters. The Morgan fingerprint density at radius 3 is 1.19 bits per heavy atom. The molecule has 0 aromatic heterocycles. The van der Waals surface area contributed by atoms with Gasteiger partial charge >= 0.3 is 11.9 Å². The maximum atomic E-state index is 12.9. The molecule has 0 radical (unpaired) electrons. The van der Waals surface area contributed by atoms with Crippen LogP contribution in [-0.2, 0) is 47.6 Å². The zero-order valence-electron chi connectivity index (χ0n) is 37.8. The standard InChI is InChI=1S/C47H68O16/c1-46(2,3)62-44(52)9-7-21-58-40-17-13-36(33-42(40)60-31-29-56-27-25-54-23-19-48)11-15-38(50)35-39(51)16-12-37-14-18-41(59-22-8-10-45(53)63-47(4,5)6)43(34-37)61-32-30-57-28-26-55-24-20-49/h11-18,33-34,48-49H,7-10,19-32,35H2,1-6H3/b15-11+,16-12+. The van der Waals surface area contributed by atoms with E-state index in [9.17, 15) is 19.2 Å². The first kappa shape index (κ1) is 54.3. The molecular weight excluding hydrogens is 821 g/mol. The van der Waals surface area contributed by atoms with Crippen molar-refractivity contribution in [3.05, 3.63) is 59.7 Å². The maximum absolute atomic E-state index is 12.9. The zero-order valence-corrected chi connectivity index (χ0v) is 37.8. The number of aliphatic hydroxyl groups is 2. The number of carbonyl (C=O) groups is 4. The molecule has 0 aliphatic heterocycles. The van der Waals surface area contributed by atoms with E-state index in [1.165, 1.54) is 12.2 Å². The molecule has 0 saturated carbocycles. The minimum atomic E-state index is -0.574. The molecule has 352 valence electrons. The monoisotopic (exact) mass is 888 g/mol. The number of rotatable bonds is 34. The molecule has 0 amide bonds. The van der Waals surface area contributed by atoms with E-state index in [1.807, 2.05) is 41.5 Å². The number of hydrogen-bond donors (Lipinski definition) is 2. The van der Waals surface area contributed by atoms with Crippen molar-refractivity contribution in [2.45, 2.75) is 84.8 Å². The van der Waals surface area contributed by atoms with E-state index < -0.39 is 22.8 Å². The quantitative estimate of drug-likeness (QED) is 0.0372. The molecule has 16 heteroatoms. The largest absolute Gasteiger partial charge is 0.490 e. The van der Waals surface area contributed by atoms with Crippen LogP contribution in [0.4, 0.5) is 0 Å². The lowest BCUT2D eigenvalue weighted by atomic mass is 10.1. The molecule has 0 heterocycles. The second kappa shape index (κ2) is 31.1. The predicted octanol–water partition coefficient (Wildman–Crippen LogP) is 5.75. The second-order valence-corrected chi connectivity index (χ2v) is 15.9. The first-order chi connectivity index (χ1) is 30.1. The van der Waals surface area contributed by atoms with Crippen LogP contribution in [0.25, 0.3) is 12.2 Å². The number of carbonyl (C=O) groups excluding carboxylic acids is 4. The molecular formula is C47H68O16. The van der Waals surface area contributed by atoms with Gasteiger partial charge < -0.3 is 57.6 Å². The van der Waals surface area contributed by atoms with E-state index in [1.54, 1.807) is 48.6 Å². The molecule has 0 aliphatic rings. The van der Waals surface area contributed by atoms with Crippen molar-refractivity contribution in [2.75, 3.05) is 92.5 Å². The van der Waals surface area contributed by atoms with Crippen LogP contribution >= 0.6 is 0 Å². The summed E-state index contributed by atoms with van der Waals surface area (Å²) in [7, 11) is 0. The van der Waals surface area contributed by atoms with E-state index in [2.05, 4.69) is 0 Å². The maximum Gasteiger partial charge on any atom is 0.306 e. The van der Waals surface area contributed by atoms with E-state index in [0.717, 1.165) is 0 Å². The van der Waals surface area contributed by atoms with Gasteiger partial charge in [-0.2, -0.15) is 0 Å². The molecule has 2 N–H and O–H groups in total. The molecule has 0 saturated heterocycles. The summed E-state index contributed by atoms with van der Waals surface area (Å²) < 4.78 is 55.9.